The molecule has 2 aliphatic carbocycles. The van der Waals surface area contributed by atoms with Gasteiger partial charge in [-0.1, -0.05) is 19.8 Å². The average molecular weight is 506 g/mol. The number of rotatable bonds is 7. The monoisotopic (exact) mass is 505 g/mol. The Kier molecular flexibility index (Phi) is 6.14. The molecule has 10 heteroatoms. The molecule has 3 heterocycles. The molecule has 3 fully saturated rings. The largest absolute Gasteiger partial charge is 0.495 e. The van der Waals surface area contributed by atoms with Crippen LogP contribution in [0.5, 0.6) is 5.75 Å². The topological polar surface area (TPSA) is 112 Å². The molecule has 37 heavy (non-hydrogen) atoms. The third-order valence-electron chi connectivity index (χ3n) is 8.51. The zero-order chi connectivity index (χ0) is 25.7. The molecule has 2 aromatic rings. The lowest BCUT2D eigenvalue weighted by Gasteiger charge is -2.43. The minimum absolute atomic E-state index is 0.0835. The van der Waals surface area contributed by atoms with Crippen molar-refractivity contribution in [2.24, 2.45) is 11.8 Å². The van der Waals surface area contributed by atoms with Crippen LogP contribution < -0.4 is 30.5 Å². The maximum Gasteiger partial charge on any atom is 0.251 e. The van der Waals surface area contributed by atoms with Crippen LogP contribution in [0.1, 0.15) is 49.4 Å². The fourth-order valence-electron chi connectivity index (χ4n) is 6.37. The van der Waals surface area contributed by atoms with E-state index in [4.69, 9.17) is 9.72 Å². The number of piperidine rings is 1. The van der Waals surface area contributed by atoms with Gasteiger partial charge in [0.2, 0.25) is 11.9 Å². The van der Waals surface area contributed by atoms with E-state index in [0.29, 0.717) is 40.8 Å². The van der Waals surface area contributed by atoms with Gasteiger partial charge < -0.3 is 30.5 Å². The fourth-order valence-corrected chi connectivity index (χ4v) is 6.37. The molecule has 3 N–H and O–H groups in total. The van der Waals surface area contributed by atoms with Gasteiger partial charge in [-0.25, -0.2) is 4.98 Å². The Morgan fingerprint density at radius 1 is 1.22 bits per heavy atom. The molecule has 2 unspecified atom stereocenters. The van der Waals surface area contributed by atoms with Gasteiger partial charge in [-0.05, 0) is 49.3 Å². The maximum atomic E-state index is 13.1. The van der Waals surface area contributed by atoms with Crippen molar-refractivity contribution in [2.75, 3.05) is 42.4 Å². The maximum absolute atomic E-state index is 13.1. The van der Waals surface area contributed by atoms with Crippen molar-refractivity contribution < 1.29 is 14.3 Å². The number of hydrogen-bond donors (Lipinski definition) is 3. The van der Waals surface area contributed by atoms with Crippen LogP contribution in [-0.2, 0) is 4.79 Å². The summed E-state index contributed by atoms with van der Waals surface area (Å²) in [6.07, 6.45) is 6.91. The molecule has 2 aliphatic heterocycles. The molecular weight excluding hydrogens is 470 g/mol. The molecular formula is C27H35N7O3. The van der Waals surface area contributed by atoms with Gasteiger partial charge >= 0.3 is 0 Å². The highest BCUT2D eigenvalue weighted by Gasteiger charge is 2.53. The standard InChI is InChI=1S/C27H35N7O3/c1-4-20-26(36)33(2)21-14-29-27(32-24(21)34(20)16-7-5-6-8-16)30-19-10-9-15(11-22(19)37-3)25(35)31-23-17-12-28-13-18(17)23/h9-11,14,16-18,20,23,28H,4-8,12-13H2,1-3H3,(H,31,35)(H,29,30,32)/t17?,18?,20-,23?/m1/s1. The molecule has 1 aromatic carbocycles. The number of amides is 2. The molecule has 1 saturated heterocycles. The van der Waals surface area contributed by atoms with Crippen molar-refractivity contribution >= 4 is 35.0 Å². The van der Waals surface area contributed by atoms with E-state index in [9.17, 15) is 9.59 Å². The van der Waals surface area contributed by atoms with Crippen LogP contribution in [0.25, 0.3) is 0 Å². The van der Waals surface area contributed by atoms with Crippen LogP contribution in [-0.4, -0.2) is 67.2 Å². The molecule has 0 spiro atoms. The first-order valence-corrected chi connectivity index (χ1v) is 13.4. The summed E-state index contributed by atoms with van der Waals surface area (Å²) in [4.78, 5) is 39.3. The van der Waals surface area contributed by atoms with E-state index in [1.165, 1.54) is 12.8 Å². The number of methoxy groups -OCH3 is 1. The van der Waals surface area contributed by atoms with Crippen LogP contribution in [0.15, 0.2) is 24.4 Å². The van der Waals surface area contributed by atoms with Gasteiger partial charge in [0.15, 0.2) is 5.82 Å². The smallest absolute Gasteiger partial charge is 0.251 e. The van der Waals surface area contributed by atoms with E-state index < -0.39 is 0 Å². The van der Waals surface area contributed by atoms with Gasteiger partial charge in [0.05, 0.1) is 19.0 Å². The zero-order valence-corrected chi connectivity index (χ0v) is 21.7. The Bertz CT molecular complexity index is 1200. The second-order valence-electron chi connectivity index (χ2n) is 10.6. The van der Waals surface area contributed by atoms with Gasteiger partial charge in [-0.2, -0.15) is 4.98 Å². The lowest BCUT2D eigenvalue weighted by Crippen LogP contribution is -2.55. The summed E-state index contributed by atoms with van der Waals surface area (Å²) in [5.41, 5.74) is 1.96. The number of likely N-dealkylation sites (N-methyl/N-ethyl adjacent to an activating group) is 1. The van der Waals surface area contributed by atoms with Crippen molar-refractivity contribution in [2.45, 2.75) is 57.2 Å². The quantitative estimate of drug-likeness (QED) is 0.527. The molecule has 1 aromatic heterocycles. The Labute approximate surface area is 217 Å². The number of ether oxygens (including phenoxy) is 1. The number of nitrogens with zero attached hydrogens (tertiary/aromatic N) is 4. The summed E-state index contributed by atoms with van der Waals surface area (Å²) in [7, 11) is 3.38. The van der Waals surface area contributed by atoms with Crippen molar-refractivity contribution in [1.82, 2.24) is 20.6 Å². The first kappa shape index (κ1) is 24.0. The Morgan fingerprint density at radius 2 is 1.97 bits per heavy atom. The Morgan fingerprint density at radius 3 is 2.68 bits per heavy atom. The van der Waals surface area contributed by atoms with E-state index in [1.807, 2.05) is 6.07 Å². The third-order valence-corrected chi connectivity index (χ3v) is 8.51. The number of anilines is 4. The molecule has 2 saturated carbocycles. The number of carbonyl (C=O) groups is 2. The summed E-state index contributed by atoms with van der Waals surface area (Å²) < 4.78 is 5.61. The van der Waals surface area contributed by atoms with Crippen LogP contribution in [0, 0.1) is 11.8 Å². The highest BCUT2D eigenvalue weighted by molar-refractivity contribution is 6.04. The second kappa shape index (κ2) is 9.48. The highest BCUT2D eigenvalue weighted by atomic mass is 16.5. The Balaban J connectivity index is 1.25. The van der Waals surface area contributed by atoms with Gasteiger partial charge in [-0.3, -0.25) is 9.59 Å². The number of benzene rings is 1. The Hall–Kier alpha value is -3.40. The van der Waals surface area contributed by atoms with Gasteiger partial charge in [-0.15, -0.1) is 0 Å². The van der Waals surface area contributed by atoms with Crippen LogP contribution in [0.3, 0.4) is 0 Å². The molecule has 4 aliphatic rings. The first-order valence-electron chi connectivity index (χ1n) is 13.4. The highest BCUT2D eigenvalue weighted by Crippen LogP contribution is 2.42. The summed E-state index contributed by atoms with van der Waals surface area (Å²) in [5, 5.41) is 9.78. The minimum atomic E-state index is -0.225. The van der Waals surface area contributed by atoms with Crippen LogP contribution in [0.2, 0.25) is 0 Å². The molecule has 2 amide bonds. The lowest BCUT2D eigenvalue weighted by molar-refractivity contribution is -0.120. The van der Waals surface area contributed by atoms with Crippen molar-refractivity contribution in [3.05, 3.63) is 30.0 Å². The van der Waals surface area contributed by atoms with E-state index >= 15 is 0 Å². The summed E-state index contributed by atoms with van der Waals surface area (Å²) >= 11 is 0. The first-order chi connectivity index (χ1) is 18.0. The van der Waals surface area contributed by atoms with Gasteiger partial charge in [0.1, 0.15) is 17.5 Å². The van der Waals surface area contributed by atoms with Crippen molar-refractivity contribution in [3.63, 3.8) is 0 Å². The summed E-state index contributed by atoms with van der Waals surface area (Å²) in [5.74, 6) is 2.87. The summed E-state index contributed by atoms with van der Waals surface area (Å²) in [6.45, 7) is 4.01. The number of carbonyl (C=O) groups excluding carboxylic acids is 2. The predicted octanol–water partition coefficient (Wildman–Crippen LogP) is 2.68. The van der Waals surface area contributed by atoms with Gasteiger partial charge in [0.25, 0.3) is 5.91 Å². The molecule has 196 valence electrons. The summed E-state index contributed by atoms with van der Waals surface area (Å²) in [6, 6.07) is 5.71. The number of aromatic nitrogens is 2. The van der Waals surface area contributed by atoms with Crippen LogP contribution >= 0.6 is 0 Å². The average Bonchev–Trinajstić information content (AvgIpc) is 3.32. The van der Waals surface area contributed by atoms with E-state index in [2.05, 4.69) is 32.8 Å². The number of fused-ring (bicyclic) bond motifs is 2. The normalized spacial score (nSPS) is 26.6. The minimum Gasteiger partial charge on any atom is -0.495 e. The molecule has 0 bridgehead atoms. The zero-order valence-electron chi connectivity index (χ0n) is 21.7. The van der Waals surface area contributed by atoms with Crippen molar-refractivity contribution in [3.8, 4) is 5.75 Å². The van der Waals surface area contributed by atoms with E-state index in [0.717, 1.165) is 43.9 Å². The lowest BCUT2D eigenvalue weighted by atomic mass is 10.0. The van der Waals surface area contributed by atoms with Gasteiger partial charge in [0, 0.05) is 37.8 Å². The molecule has 10 nitrogen and oxygen atoms in total. The molecule has 3 atom stereocenters. The van der Waals surface area contributed by atoms with E-state index in [1.54, 1.807) is 37.4 Å². The molecule has 0 radical (unpaired) electrons. The predicted molar refractivity (Wildman–Crippen MR) is 142 cm³/mol. The van der Waals surface area contributed by atoms with Crippen molar-refractivity contribution in [1.29, 1.82) is 0 Å². The SMILES string of the molecule is CC[C@@H]1C(=O)N(C)c2cnc(Nc3ccc(C(=O)NC4C5CNCC54)cc3OC)nc2N1C1CCCC1. The second-order valence-corrected chi connectivity index (χ2v) is 10.6. The molecule has 6 rings (SSSR count). The van der Waals surface area contributed by atoms with E-state index in [-0.39, 0.29) is 23.9 Å². The number of hydrogen-bond acceptors (Lipinski definition) is 8. The third kappa shape index (κ3) is 4.17. The van der Waals surface area contributed by atoms with Crippen LogP contribution in [0.4, 0.5) is 23.1 Å². The number of nitrogens with one attached hydrogen (secondary N) is 3. The fraction of sp³-hybridized carbons (Fsp3) is 0.556.